The first-order chi connectivity index (χ1) is 16.6. The molecule has 1 saturated heterocycles. The fourth-order valence-electron chi connectivity index (χ4n) is 3.95. The van der Waals surface area contributed by atoms with E-state index >= 15 is 0 Å². The van der Waals surface area contributed by atoms with E-state index in [-0.39, 0.29) is 11.7 Å². The monoisotopic (exact) mass is 482 g/mol. The summed E-state index contributed by atoms with van der Waals surface area (Å²) in [5.41, 5.74) is 3.35. The number of amidine groups is 1. The van der Waals surface area contributed by atoms with Crippen molar-refractivity contribution in [2.24, 2.45) is 4.99 Å². The molecule has 0 bridgehead atoms. The number of hydrogen-bond donors (Lipinski definition) is 1. The number of rotatable bonds is 2. The Balaban J connectivity index is 1.47. The number of anilines is 2. The average Bonchev–Trinajstić information content (AvgIpc) is 3.36. The lowest BCUT2D eigenvalue weighted by molar-refractivity contribution is -0.113. The van der Waals surface area contributed by atoms with Gasteiger partial charge in [0.2, 0.25) is 0 Å². The lowest BCUT2D eigenvalue weighted by atomic mass is 10.2. The number of hydrogen-bond acceptors (Lipinski definition) is 7. The van der Waals surface area contributed by atoms with Crippen molar-refractivity contribution >= 4 is 62.6 Å². The lowest BCUT2D eigenvalue weighted by Gasteiger charge is -2.17. The number of aromatic nitrogens is 1. The molecule has 0 radical (unpaired) electrons. The van der Waals surface area contributed by atoms with Crippen molar-refractivity contribution in [3.05, 3.63) is 95.0 Å². The van der Waals surface area contributed by atoms with Gasteiger partial charge in [0.05, 0.1) is 27.6 Å². The van der Waals surface area contributed by atoms with Gasteiger partial charge in [0, 0.05) is 23.5 Å². The quantitative estimate of drug-likeness (QED) is 0.347. The number of aromatic hydroxyl groups is 1. The molecular formula is C26H18N4O2S2. The number of phenolic OH excluding ortho intramolecular Hbond substituents is 1. The minimum absolute atomic E-state index is 0.140. The number of carbonyl (C=O) groups is 1. The molecule has 2 aliphatic rings. The molecule has 0 unspecified atom stereocenters. The molecule has 4 aromatic rings. The topological polar surface area (TPSA) is 69.0 Å². The number of para-hydroxylation sites is 1. The third-order valence-corrected chi connectivity index (χ3v) is 8.03. The van der Waals surface area contributed by atoms with Gasteiger partial charge in [0.15, 0.2) is 5.17 Å². The molecule has 1 aromatic heterocycles. The van der Waals surface area contributed by atoms with E-state index in [2.05, 4.69) is 22.0 Å². The van der Waals surface area contributed by atoms with Gasteiger partial charge in [-0.05, 0) is 72.4 Å². The Morgan fingerprint density at radius 1 is 0.941 bits per heavy atom. The summed E-state index contributed by atoms with van der Waals surface area (Å²) in [6.45, 7) is 0. The Hall–Kier alpha value is -3.75. The van der Waals surface area contributed by atoms with Crippen molar-refractivity contribution in [1.29, 1.82) is 0 Å². The Labute approximate surface area is 204 Å². The number of amides is 1. The first kappa shape index (κ1) is 20.8. The zero-order chi connectivity index (χ0) is 23.2. The number of benzene rings is 3. The first-order valence-electron chi connectivity index (χ1n) is 10.6. The molecule has 8 heteroatoms. The molecule has 3 heterocycles. The van der Waals surface area contributed by atoms with E-state index in [0.29, 0.717) is 15.8 Å². The highest BCUT2D eigenvalue weighted by molar-refractivity contribution is 8.20. The summed E-state index contributed by atoms with van der Waals surface area (Å²) in [4.78, 5) is 28.4. The fraction of sp³-hybridized carbons (Fsp3) is 0.0385. The molecule has 3 aromatic carbocycles. The van der Waals surface area contributed by atoms with Crippen LogP contribution < -0.4 is 9.80 Å². The maximum Gasteiger partial charge on any atom is 0.274 e. The van der Waals surface area contributed by atoms with Crippen LogP contribution in [-0.4, -0.2) is 28.2 Å². The Kier molecular flexibility index (Phi) is 5.04. The van der Waals surface area contributed by atoms with Crippen LogP contribution in [0.3, 0.4) is 0 Å². The van der Waals surface area contributed by atoms with Gasteiger partial charge in [-0.25, -0.2) is 4.99 Å². The highest BCUT2D eigenvalue weighted by atomic mass is 32.2. The van der Waals surface area contributed by atoms with Crippen molar-refractivity contribution in [2.45, 2.75) is 4.90 Å². The number of fused-ring (bicyclic) bond motifs is 2. The van der Waals surface area contributed by atoms with E-state index in [1.54, 1.807) is 47.1 Å². The van der Waals surface area contributed by atoms with Crippen LogP contribution in [0.2, 0.25) is 0 Å². The second kappa shape index (κ2) is 8.23. The zero-order valence-electron chi connectivity index (χ0n) is 18.0. The Morgan fingerprint density at radius 3 is 2.59 bits per heavy atom. The van der Waals surface area contributed by atoms with Gasteiger partial charge in [0.25, 0.3) is 5.91 Å². The molecular weight excluding hydrogens is 464 g/mol. The minimum atomic E-state index is -0.140. The SMILES string of the molecule is CN1C(=C2SC(=Nc3ccc4ncccc4c3)N(c3ccc(O)cc3)C2=O)Sc2ccccc21. The van der Waals surface area contributed by atoms with Gasteiger partial charge in [0.1, 0.15) is 10.7 Å². The highest BCUT2D eigenvalue weighted by Crippen LogP contribution is 2.50. The van der Waals surface area contributed by atoms with E-state index in [9.17, 15) is 9.90 Å². The number of nitrogens with zero attached hydrogens (tertiary/aromatic N) is 4. The summed E-state index contributed by atoms with van der Waals surface area (Å²) in [5, 5.41) is 12.2. The van der Waals surface area contributed by atoms with Crippen LogP contribution in [0.4, 0.5) is 17.1 Å². The second-order valence-electron chi connectivity index (χ2n) is 7.80. The van der Waals surface area contributed by atoms with Crippen LogP contribution in [0.25, 0.3) is 10.9 Å². The van der Waals surface area contributed by atoms with Crippen molar-refractivity contribution < 1.29 is 9.90 Å². The Bertz CT molecular complexity index is 1520. The van der Waals surface area contributed by atoms with Crippen molar-refractivity contribution in [3.8, 4) is 5.75 Å². The third kappa shape index (κ3) is 3.52. The van der Waals surface area contributed by atoms with Crippen LogP contribution in [0.5, 0.6) is 5.75 Å². The molecule has 34 heavy (non-hydrogen) atoms. The molecule has 2 aliphatic heterocycles. The molecule has 0 aliphatic carbocycles. The second-order valence-corrected chi connectivity index (χ2v) is 9.81. The van der Waals surface area contributed by atoms with Crippen LogP contribution >= 0.6 is 23.5 Å². The smallest absolute Gasteiger partial charge is 0.274 e. The average molecular weight is 483 g/mol. The molecule has 0 saturated carbocycles. The number of aliphatic imine (C=N–C) groups is 1. The van der Waals surface area contributed by atoms with E-state index in [1.807, 2.05) is 49.5 Å². The fourth-order valence-corrected chi connectivity index (χ4v) is 6.30. The maximum absolute atomic E-state index is 13.7. The van der Waals surface area contributed by atoms with Crippen LogP contribution in [-0.2, 0) is 4.79 Å². The summed E-state index contributed by atoms with van der Waals surface area (Å²) in [5.74, 6) is 0.00253. The van der Waals surface area contributed by atoms with E-state index in [4.69, 9.17) is 4.99 Å². The van der Waals surface area contributed by atoms with Gasteiger partial charge in [-0.3, -0.25) is 14.7 Å². The van der Waals surface area contributed by atoms with Gasteiger partial charge in [-0.15, -0.1) is 0 Å². The molecule has 0 atom stereocenters. The number of thioether (sulfide) groups is 2. The van der Waals surface area contributed by atoms with E-state index < -0.39 is 0 Å². The normalized spacial score (nSPS) is 18.9. The number of pyridine rings is 1. The lowest BCUT2D eigenvalue weighted by Crippen LogP contribution is -2.29. The zero-order valence-corrected chi connectivity index (χ0v) is 19.7. The molecule has 1 N–H and O–H groups in total. The predicted molar refractivity (Wildman–Crippen MR) is 140 cm³/mol. The van der Waals surface area contributed by atoms with Crippen molar-refractivity contribution in [1.82, 2.24) is 4.98 Å². The summed E-state index contributed by atoms with van der Waals surface area (Å²) in [6.07, 6.45) is 1.76. The predicted octanol–water partition coefficient (Wildman–Crippen LogP) is 6.12. The first-order valence-corrected chi connectivity index (χ1v) is 12.2. The summed E-state index contributed by atoms with van der Waals surface area (Å²) < 4.78 is 0. The number of phenols is 1. The standard InChI is InChI=1S/C26H18N4O2S2/c1-29-21-6-2-3-7-22(21)33-25(29)23-24(32)30(18-9-11-19(31)12-10-18)26(34-23)28-17-8-13-20-16(15-17)5-4-14-27-20/h2-15,31H,1H3. The third-order valence-electron chi connectivity index (χ3n) is 5.63. The highest BCUT2D eigenvalue weighted by Gasteiger charge is 2.40. The largest absolute Gasteiger partial charge is 0.508 e. The molecule has 6 nitrogen and oxygen atoms in total. The Morgan fingerprint density at radius 2 is 1.76 bits per heavy atom. The molecule has 1 amide bonds. The van der Waals surface area contributed by atoms with Crippen LogP contribution in [0, 0.1) is 0 Å². The van der Waals surface area contributed by atoms with Crippen LogP contribution in [0.15, 0.2) is 105 Å². The van der Waals surface area contributed by atoms with Crippen molar-refractivity contribution in [2.75, 3.05) is 16.8 Å². The molecule has 1 fully saturated rings. The maximum atomic E-state index is 13.7. The van der Waals surface area contributed by atoms with Crippen LogP contribution in [0.1, 0.15) is 0 Å². The molecule has 0 spiro atoms. The van der Waals surface area contributed by atoms with E-state index in [0.717, 1.165) is 32.2 Å². The van der Waals surface area contributed by atoms with Crippen molar-refractivity contribution in [3.63, 3.8) is 0 Å². The van der Waals surface area contributed by atoms with Gasteiger partial charge >= 0.3 is 0 Å². The summed E-state index contributed by atoms with van der Waals surface area (Å²) in [6, 6.07) is 24.4. The van der Waals surface area contributed by atoms with Gasteiger partial charge < -0.3 is 10.0 Å². The summed E-state index contributed by atoms with van der Waals surface area (Å²) in [7, 11) is 1.98. The molecule has 6 rings (SSSR count). The van der Waals surface area contributed by atoms with E-state index in [1.165, 1.54) is 11.8 Å². The van der Waals surface area contributed by atoms with Gasteiger partial charge in [-0.2, -0.15) is 0 Å². The molecule has 166 valence electrons. The van der Waals surface area contributed by atoms with Gasteiger partial charge in [-0.1, -0.05) is 30.0 Å². The summed E-state index contributed by atoms with van der Waals surface area (Å²) >= 11 is 2.95. The minimum Gasteiger partial charge on any atom is -0.508 e. The number of carbonyl (C=O) groups excluding carboxylic acids is 1.